The second kappa shape index (κ2) is 15.8. The molecule has 0 fully saturated rings. The third kappa shape index (κ3) is 7.85. The second-order valence-electron chi connectivity index (χ2n) is 12.8. The largest absolute Gasteiger partial charge is 0.489 e. The van der Waals surface area contributed by atoms with E-state index < -0.39 is 5.91 Å². The number of aryl methyl sites for hydroxylation is 1. The maximum Gasteiger partial charge on any atom is 0.247 e. The Morgan fingerprint density at radius 2 is 1.63 bits per heavy atom. The molecular formula is C42H34Cl3N7O2. The van der Waals surface area contributed by atoms with Crippen LogP contribution >= 0.6 is 34.8 Å². The lowest BCUT2D eigenvalue weighted by Gasteiger charge is -2.21. The number of amides is 1. The molecular weight excluding hydrogens is 741 g/mol. The Hall–Kier alpha value is -5.58. The van der Waals surface area contributed by atoms with Crippen molar-refractivity contribution in [2.24, 2.45) is 0 Å². The average Bonchev–Trinajstić information content (AvgIpc) is 3.15. The summed E-state index contributed by atoms with van der Waals surface area (Å²) in [5.41, 5.74) is 8.36. The Bertz CT molecular complexity index is 2570. The van der Waals surface area contributed by atoms with Crippen molar-refractivity contribution in [2.45, 2.75) is 6.92 Å². The number of carbonyl (C=O) groups excluding carboxylic acids is 1. The maximum atomic E-state index is 12.8. The van der Waals surface area contributed by atoms with Gasteiger partial charge >= 0.3 is 0 Å². The standard InChI is InChI=1S/C42H34Cl3N7O2/c1-5-36(53)49-35-21-30(48-42-47-23-27-9-7-11-31(38(27)51-42)25-8-6-10-29(43)18-25)20-33(40(35)54-17-16-52(3)4)32-15-14-26(19-34(32)44)37-24(2)12-13-28-22-46-41(45)50-39(28)37/h5-15,18-23H,1,16-17H2,2-4H3,(H,49,53)(H,47,48,51). The minimum Gasteiger partial charge on any atom is -0.489 e. The van der Waals surface area contributed by atoms with Crippen molar-refractivity contribution in [3.8, 4) is 39.1 Å². The molecule has 0 unspecified atom stereocenters. The maximum absolute atomic E-state index is 12.8. The topological polar surface area (TPSA) is 105 Å². The molecule has 9 nitrogen and oxygen atoms in total. The average molecular weight is 775 g/mol. The smallest absolute Gasteiger partial charge is 0.247 e. The molecule has 0 aliphatic carbocycles. The predicted molar refractivity (Wildman–Crippen MR) is 221 cm³/mol. The molecule has 0 saturated heterocycles. The molecule has 0 atom stereocenters. The highest BCUT2D eigenvalue weighted by Gasteiger charge is 2.20. The number of ether oxygens (including phenoxy) is 1. The number of aromatic nitrogens is 4. The molecule has 1 amide bonds. The molecule has 0 aliphatic heterocycles. The number of fused-ring (bicyclic) bond motifs is 2. The number of halogens is 3. The normalized spacial score (nSPS) is 11.2. The third-order valence-electron chi connectivity index (χ3n) is 8.80. The van der Waals surface area contributed by atoms with E-state index in [9.17, 15) is 4.79 Å². The van der Waals surface area contributed by atoms with Crippen LogP contribution in [-0.2, 0) is 4.79 Å². The lowest BCUT2D eigenvalue weighted by atomic mass is 9.94. The molecule has 0 spiro atoms. The summed E-state index contributed by atoms with van der Waals surface area (Å²) in [5.74, 6) is 0.381. The Morgan fingerprint density at radius 1 is 0.833 bits per heavy atom. The number of hydrogen-bond donors (Lipinski definition) is 2. The molecule has 54 heavy (non-hydrogen) atoms. The number of nitrogens with one attached hydrogen (secondary N) is 2. The van der Waals surface area contributed by atoms with E-state index in [1.54, 1.807) is 18.5 Å². The Balaban J connectivity index is 1.36. The van der Waals surface area contributed by atoms with Gasteiger partial charge in [0.25, 0.3) is 0 Å². The van der Waals surface area contributed by atoms with Crippen LogP contribution in [0.15, 0.2) is 110 Å². The lowest BCUT2D eigenvalue weighted by Crippen LogP contribution is -2.20. The summed E-state index contributed by atoms with van der Waals surface area (Å²) in [7, 11) is 3.92. The number of likely N-dealkylation sites (N-methyl/N-ethyl adjacent to an activating group) is 1. The highest BCUT2D eigenvalue weighted by molar-refractivity contribution is 6.34. The van der Waals surface area contributed by atoms with Gasteiger partial charge in [0.05, 0.1) is 16.7 Å². The second-order valence-corrected chi connectivity index (χ2v) is 14.0. The van der Waals surface area contributed by atoms with E-state index in [0.717, 1.165) is 49.6 Å². The molecule has 0 aliphatic rings. The van der Waals surface area contributed by atoms with Crippen LogP contribution in [0, 0.1) is 6.92 Å². The number of para-hydroxylation sites is 1. The zero-order chi connectivity index (χ0) is 37.9. The number of anilines is 3. The van der Waals surface area contributed by atoms with Crippen LogP contribution < -0.4 is 15.4 Å². The number of carbonyl (C=O) groups is 1. The van der Waals surface area contributed by atoms with Gasteiger partial charge in [-0.1, -0.05) is 84.4 Å². The van der Waals surface area contributed by atoms with Crippen LogP contribution in [0.25, 0.3) is 55.2 Å². The van der Waals surface area contributed by atoms with Gasteiger partial charge in [-0.15, -0.1) is 0 Å². The first kappa shape index (κ1) is 36.8. The van der Waals surface area contributed by atoms with Crippen molar-refractivity contribution in [1.82, 2.24) is 24.8 Å². The van der Waals surface area contributed by atoms with Gasteiger partial charge in [-0.3, -0.25) is 4.79 Å². The van der Waals surface area contributed by atoms with Crippen LogP contribution in [0.5, 0.6) is 5.75 Å². The summed E-state index contributed by atoms with van der Waals surface area (Å²) in [6.45, 7) is 6.64. The van der Waals surface area contributed by atoms with Crippen LogP contribution in [0.4, 0.5) is 17.3 Å². The van der Waals surface area contributed by atoms with Crippen LogP contribution in [0.3, 0.4) is 0 Å². The SMILES string of the molecule is C=CC(=O)Nc1cc(Nc2ncc3cccc(-c4cccc(Cl)c4)c3n2)cc(-c2ccc(-c3c(C)ccc4cnc(Cl)nc34)cc2Cl)c1OCCN(C)C. The molecule has 2 aromatic heterocycles. The van der Waals surface area contributed by atoms with Gasteiger partial charge in [0.2, 0.25) is 17.1 Å². The van der Waals surface area contributed by atoms with Crippen LogP contribution in [0.1, 0.15) is 5.56 Å². The van der Waals surface area contributed by atoms with Gasteiger partial charge in [0.1, 0.15) is 6.61 Å². The minimum atomic E-state index is -0.405. The summed E-state index contributed by atoms with van der Waals surface area (Å²) >= 11 is 19.7. The quantitative estimate of drug-likeness (QED) is 0.0989. The summed E-state index contributed by atoms with van der Waals surface area (Å²) in [5, 5.41) is 9.25. The Kier molecular flexibility index (Phi) is 10.8. The van der Waals surface area contributed by atoms with Crippen molar-refractivity contribution in [3.63, 3.8) is 0 Å². The minimum absolute atomic E-state index is 0.158. The van der Waals surface area contributed by atoms with Crippen molar-refractivity contribution in [3.05, 3.63) is 131 Å². The molecule has 0 bridgehead atoms. The molecule has 12 heteroatoms. The molecule has 0 radical (unpaired) electrons. The molecule has 0 saturated carbocycles. The van der Waals surface area contributed by atoms with Crippen LogP contribution in [0.2, 0.25) is 15.3 Å². The highest BCUT2D eigenvalue weighted by atomic mass is 35.5. The Morgan fingerprint density at radius 3 is 2.41 bits per heavy atom. The van der Waals surface area contributed by atoms with E-state index in [-0.39, 0.29) is 5.28 Å². The van der Waals surface area contributed by atoms with Crippen molar-refractivity contribution < 1.29 is 9.53 Å². The number of rotatable bonds is 11. The van der Waals surface area contributed by atoms with Crippen molar-refractivity contribution in [2.75, 3.05) is 37.9 Å². The fourth-order valence-corrected chi connectivity index (χ4v) is 6.83. The zero-order valence-corrected chi connectivity index (χ0v) is 31.9. The molecule has 5 aromatic carbocycles. The van der Waals surface area contributed by atoms with Crippen LogP contribution in [-0.4, -0.2) is 58.0 Å². The van der Waals surface area contributed by atoms with Gasteiger partial charge in [-0.05, 0) is 85.7 Å². The van der Waals surface area contributed by atoms with E-state index in [1.807, 2.05) is 105 Å². The van der Waals surface area contributed by atoms with Crippen molar-refractivity contribution >= 4 is 79.8 Å². The summed E-state index contributed by atoms with van der Waals surface area (Å²) in [6, 6.07) is 27.0. The third-order valence-corrected chi connectivity index (χ3v) is 9.53. The van der Waals surface area contributed by atoms with E-state index >= 15 is 0 Å². The highest BCUT2D eigenvalue weighted by Crippen LogP contribution is 2.44. The van der Waals surface area contributed by atoms with Gasteiger partial charge in [0.15, 0.2) is 5.75 Å². The number of nitrogens with zero attached hydrogens (tertiary/aromatic N) is 5. The Labute approximate surface area is 327 Å². The van der Waals surface area contributed by atoms with E-state index in [1.165, 1.54) is 6.08 Å². The van der Waals surface area contributed by atoms with E-state index in [2.05, 4.69) is 32.2 Å². The molecule has 2 N–H and O–H groups in total. The summed E-state index contributed by atoms with van der Waals surface area (Å²) < 4.78 is 6.43. The molecule has 7 aromatic rings. The van der Waals surface area contributed by atoms with Crippen molar-refractivity contribution in [1.29, 1.82) is 0 Å². The van der Waals surface area contributed by atoms with Gasteiger partial charge in [-0.2, -0.15) is 0 Å². The first-order chi connectivity index (χ1) is 26.1. The first-order valence-electron chi connectivity index (χ1n) is 17.0. The van der Waals surface area contributed by atoms with Gasteiger partial charge in [-0.25, -0.2) is 19.9 Å². The number of benzene rings is 5. The summed E-state index contributed by atoms with van der Waals surface area (Å²) in [6.07, 6.45) is 4.68. The molecule has 2 heterocycles. The fraction of sp³-hybridized carbons (Fsp3) is 0.119. The zero-order valence-electron chi connectivity index (χ0n) is 29.6. The first-order valence-corrected chi connectivity index (χ1v) is 18.1. The number of hydrogen-bond acceptors (Lipinski definition) is 8. The van der Waals surface area contributed by atoms with Gasteiger partial charge in [0, 0.05) is 67.7 Å². The fourth-order valence-electron chi connectivity index (χ4n) is 6.23. The molecule has 270 valence electrons. The monoisotopic (exact) mass is 773 g/mol. The van der Waals surface area contributed by atoms with E-state index in [4.69, 9.17) is 44.5 Å². The van der Waals surface area contributed by atoms with Gasteiger partial charge < -0.3 is 20.3 Å². The van der Waals surface area contributed by atoms with E-state index in [0.29, 0.717) is 57.4 Å². The molecule has 7 rings (SSSR count). The summed E-state index contributed by atoms with van der Waals surface area (Å²) in [4.78, 5) is 33.1. The lowest BCUT2D eigenvalue weighted by molar-refractivity contribution is -0.111. The predicted octanol–water partition coefficient (Wildman–Crippen LogP) is 10.7.